The van der Waals surface area contributed by atoms with E-state index in [1.165, 1.54) is 0 Å². The lowest BCUT2D eigenvalue weighted by Crippen LogP contribution is -2.42. The molecule has 0 radical (unpaired) electrons. The van der Waals surface area contributed by atoms with Gasteiger partial charge in [0.1, 0.15) is 11.9 Å². The molecule has 2 amide bonds. The molecule has 0 bridgehead atoms. The Morgan fingerprint density at radius 1 is 1.03 bits per heavy atom. The van der Waals surface area contributed by atoms with E-state index in [4.69, 9.17) is 0 Å². The van der Waals surface area contributed by atoms with Crippen LogP contribution in [0.3, 0.4) is 0 Å². The summed E-state index contributed by atoms with van der Waals surface area (Å²) in [4.78, 5) is 43.7. The highest BCUT2D eigenvalue weighted by atomic mass is 16.4. The molecule has 0 saturated carbocycles. The lowest BCUT2D eigenvalue weighted by Gasteiger charge is -2.19. The third-order valence-corrected chi connectivity index (χ3v) is 6.89. The van der Waals surface area contributed by atoms with Gasteiger partial charge >= 0.3 is 5.97 Å². The first-order valence-electron chi connectivity index (χ1n) is 12.8. The van der Waals surface area contributed by atoms with E-state index in [0.29, 0.717) is 25.1 Å². The molecule has 8 nitrogen and oxygen atoms in total. The molecule has 1 aromatic heterocycles. The van der Waals surface area contributed by atoms with Gasteiger partial charge in [-0.3, -0.25) is 9.59 Å². The molecule has 0 aliphatic carbocycles. The number of aryl methyl sites for hydroxylation is 4. The van der Waals surface area contributed by atoms with Crippen LogP contribution in [0.15, 0.2) is 54.7 Å². The Labute approximate surface area is 223 Å². The number of aromatic nitrogens is 1. The van der Waals surface area contributed by atoms with Gasteiger partial charge in [0, 0.05) is 49.3 Å². The molecule has 198 valence electrons. The van der Waals surface area contributed by atoms with Crippen molar-refractivity contribution in [2.24, 2.45) is 5.92 Å². The van der Waals surface area contributed by atoms with Crippen LogP contribution in [0.25, 0.3) is 0 Å². The van der Waals surface area contributed by atoms with Crippen LogP contribution in [0.2, 0.25) is 0 Å². The Hall–Kier alpha value is -4.20. The Morgan fingerprint density at radius 2 is 1.71 bits per heavy atom. The van der Waals surface area contributed by atoms with Crippen molar-refractivity contribution in [3.63, 3.8) is 0 Å². The van der Waals surface area contributed by atoms with Gasteiger partial charge in [0.15, 0.2) is 0 Å². The summed E-state index contributed by atoms with van der Waals surface area (Å²) in [6, 6.07) is 14.0. The highest BCUT2D eigenvalue weighted by Gasteiger charge is 2.30. The van der Waals surface area contributed by atoms with Gasteiger partial charge in [-0.05, 0) is 74.2 Å². The molecule has 38 heavy (non-hydrogen) atoms. The third kappa shape index (κ3) is 6.37. The first-order valence-corrected chi connectivity index (χ1v) is 12.8. The quantitative estimate of drug-likeness (QED) is 0.395. The number of amides is 2. The van der Waals surface area contributed by atoms with E-state index >= 15 is 0 Å². The van der Waals surface area contributed by atoms with E-state index in [1.807, 2.05) is 76.2 Å². The number of hydrogen-bond donors (Lipinski definition) is 3. The van der Waals surface area contributed by atoms with Crippen LogP contribution in [0.4, 0.5) is 11.5 Å². The zero-order valence-corrected chi connectivity index (χ0v) is 22.2. The van der Waals surface area contributed by atoms with Crippen molar-refractivity contribution < 1.29 is 19.5 Å². The molecular formula is C30H34N4O4. The fraction of sp³-hybridized carbons (Fsp3) is 0.333. The van der Waals surface area contributed by atoms with E-state index < -0.39 is 17.9 Å². The Balaban J connectivity index is 1.37. The monoisotopic (exact) mass is 514 g/mol. The van der Waals surface area contributed by atoms with Crippen LogP contribution in [-0.4, -0.2) is 47.0 Å². The van der Waals surface area contributed by atoms with E-state index in [1.54, 1.807) is 11.1 Å². The molecule has 2 heterocycles. The molecule has 3 aromatic rings. The second kappa shape index (κ2) is 11.5. The summed E-state index contributed by atoms with van der Waals surface area (Å²) in [5.74, 6) is -0.482. The molecule has 2 aromatic carbocycles. The Bertz CT molecular complexity index is 1330. The number of carboxylic acids is 1. The minimum atomic E-state index is -1.10. The van der Waals surface area contributed by atoms with Crippen LogP contribution < -0.4 is 15.5 Å². The van der Waals surface area contributed by atoms with Crippen LogP contribution in [0, 0.1) is 33.6 Å². The maximum absolute atomic E-state index is 12.9. The number of anilines is 2. The summed E-state index contributed by atoms with van der Waals surface area (Å²) >= 11 is 0. The molecule has 1 fully saturated rings. The van der Waals surface area contributed by atoms with E-state index in [9.17, 15) is 19.5 Å². The zero-order chi connectivity index (χ0) is 27.4. The van der Waals surface area contributed by atoms with Crippen LogP contribution in [0.5, 0.6) is 0 Å². The highest BCUT2D eigenvalue weighted by molar-refractivity contribution is 5.99. The van der Waals surface area contributed by atoms with Crippen LogP contribution >= 0.6 is 0 Å². The van der Waals surface area contributed by atoms with Crippen molar-refractivity contribution in [3.05, 3.63) is 88.1 Å². The normalized spacial score (nSPS) is 15.8. The lowest BCUT2D eigenvalue weighted by atomic mass is 9.98. The number of carboxylic acid groups (broad SMARTS) is 1. The second-order valence-electron chi connectivity index (χ2n) is 10.2. The average molecular weight is 515 g/mol. The fourth-order valence-corrected chi connectivity index (χ4v) is 5.07. The maximum Gasteiger partial charge on any atom is 0.326 e. The highest BCUT2D eigenvalue weighted by Crippen LogP contribution is 2.26. The van der Waals surface area contributed by atoms with Crippen LogP contribution in [0.1, 0.15) is 44.6 Å². The molecule has 0 spiro atoms. The van der Waals surface area contributed by atoms with Crippen LogP contribution in [-0.2, 0) is 16.0 Å². The average Bonchev–Trinajstić information content (AvgIpc) is 3.22. The minimum Gasteiger partial charge on any atom is -0.480 e. The Kier molecular flexibility index (Phi) is 8.10. The number of hydrogen-bond acceptors (Lipinski definition) is 5. The van der Waals surface area contributed by atoms with Crippen molar-refractivity contribution in [3.8, 4) is 0 Å². The molecule has 8 heteroatoms. The smallest absolute Gasteiger partial charge is 0.326 e. The number of carbonyl (C=O) groups excluding carboxylic acids is 2. The summed E-state index contributed by atoms with van der Waals surface area (Å²) in [5.41, 5.74) is 5.84. The number of benzene rings is 2. The molecule has 1 aliphatic heterocycles. The topological polar surface area (TPSA) is 112 Å². The van der Waals surface area contributed by atoms with Gasteiger partial charge in [0.2, 0.25) is 5.91 Å². The van der Waals surface area contributed by atoms with Gasteiger partial charge in [-0.2, -0.15) is 0 Å². The Morgan fingerprint density at radius 3 is 2.34 bits per heavy atom. The van der Waals surface area contributed by atoms with Crippen molar-refractivity contribution in [2.45, 2.75) is 46.6 Å². The zero-order valence-electron chi connectivity index (χ0n) is 22.2. The molecular weight excluding hydrogens is 480 g/mol. The lowest BCUT2D eigenvalue weighted by molar-refractivity contribution is -0.139. The first kappa shape index (κ1) is 26.9. The number of nitrogens with zero attached hydrogens (tertiary/aromatic N) is 2. The number of pyridine rings is 1. The van der Waals surface area contributed by atoms with Gasteiger partial charge in [0.05, 0.1) is 0 Å². The predicted molar refractivity (Wildman–Crippen MR) is 148 cm³/mol. The first-order chi connectivity index (χ1) is 18.1. The molecule has 1 unspecified atom stereocenters. The summed E-state index contributed by atoms with van der Waals surface area (Å²) in [6.07, 6.45) is 2.34. The molecule has 2 atom stereocenters. The molecule has 1 aliphatic rings. The number of aliphatic carboxylic acids is 1. The van der Waals surface area contributed by atoms with Crippen molar-refractivity contribution >= 4 is 29.3 Å². The number of rotatable bonds is 9. The maximum atomic E-state index is 12.9. The molecule has 1 saturated heterocycles. The standard InChI is InChI=1S/C30H34N4O4/c1-18-9-10-31-26(13-18)32-16-23-15-27(35)34(17-23)24-7-5-22(6-8-24)14-25(30(37)38)33-29(36)28-20(3)11-19(2)12-21(28)4/h5-13,23,25H,14-17H2,1-4H3,(H,31,32)(H,33,36)(H,37,38)/t23?,25-/m0/s1. The van der Waals surface area contributed by atoms with E-state index in [0.717, 1.165) is 39.3 Å². The van der Waals surface area contributed by atoms with E-state index in [2.05, 4.69) is 15.6 Å². The van der Waals surface area contributed by atoms with Crippen molar-refractivity contribution in [2.75, 3.05) is 23.3 Å². The van der Waals surface area contributed by atoms with Gasteiger partial charge in [0.25, 0.3) is 5.91 Å². The summed E-state index contributed by atoms with van der Waals surface area (Å²) in [6.45, 7) is 8.92. The van der Waals surface area contributed by atoms with Crippen molar-refractivity contribution in [1.82, 2.24) is 10.3 Å². The van der Waals surface area contributed by atoms with E-state index in [-0.39, 0.29) is 18.2 Å². The summed E-state index contributed by atoms with van der Waals surface area (Å²) in [5, 5.41) is 15.8. The second-order valence-corrected chi connectivity index (χ2v) is 10.2. The van der Waals surface area contributed by atoms with Gasteiger partial charge < -0.3 is 20.6 Å². The molecule has 3 N–H and O–H groups in total. The number of nitrogens with one attached hydrogen (secondary N) is 2. The SMILES string of the molecule is Cc1ccnc(NCC2CC(=O)N(c3ccc(C[C@H](NC(=O)c4c(C)cc(C)cc4C)C(=O)O)cc3)C2)c1. The predicted octanol–water partition coefficient (Wildman–Crippen LogP) is 4.21. The largest absolute Gasteiger partial charge is 0.480 e. The number of carbonyl (C=O) groups is 3. The van der Waals surface area contributed by atoms with Gasteiger partial charge in [-0.1, -0.05) is 29.8 Å². The fourth-order valence-electron chi connectivity index (χ4n) is 5.07. The van der Waals surface area contributed by atoms with Gasteiger partial charge in [-0.25, -0.2) is 9.78 Å². The summed E-state index contributed by atoms with van der Waals surface area (Å²) in [7, 11) is 0. The minimum absolute atomic E-state index is 0.0567. The van der Waals surface area contributed by atoms with Gasteiger partial charge in [-0.15, -0.1) is 0 Å². The third-order valence-electron chi connectivity index (χ3n) is 6.89. The summed E-state index contributed by atoms with van der Waals surface area (Å²) < 4.78 is 0. The van der Waals surface area contributed by atoms with Crippen molar-refractivity contribution in [1.29, 1.82) is 0 Å². The molecule has 4 rings (SSSR count).